The third-order valence-electron chi connectivity index (χ3n) is 2.68. The molecule has 3 heterocycles. The molecule has 2 aromatic rings. The summed E-state index contributed by atoms with van der Waals surface area (Å²) >= 11 is 0. The van der Waals surface area contributed by atoms with Crippen molar-refractivity contribution in [3.8, 4) is 0 Å². The molecule has 0 unspecified atom stereocenters. The van der Waals surface area contributed by atoms with Gasteiger partial charge in [-0.3, -0.25) is 0 Å². The van der Waals surface area contributed by atoms with Crippen molar-refractivity contribution in [1.82, 2.24) is 14.6 Å². The fourth-order valence-corrected chi connectivity index (χ4v) is 1.92. The molecular weight excluding hydrogens is 176 g/mol. The molecule has 0 saturated carbocycles. The van der Waals surface area contributed by atoms with Crippen LogP contribution in [0.1, 0.15) is 14.2 Å². The molecule has 14 heavy (non-hydrogen) atoms. The van der Waals surface area contributed by atoms with E-state index >= 15 is 0 Å². The van der Waals surface area contributed by atoms with Gasteiger partial charge in [-0.1, -0.05) is 0 Å². The van der Waals surface area contributed by atoms with Gasteiger partial charge in [-0.25, -0.2) is 9.50 Å². The van der Waals surface area contributed by atoms with Crippen molar-refractivity contribution in [2.24, 2.45) is 0 Å². The van der Waals surface area contributed by atoms with Gasteiger partial charge in [-0.05, 0) is 25.0 Å². The third kappa shape index (κ3) is 1.14. The summed E-state index contributed by atoms with van der Waals surface area (Å²) in [5.74, 6) is 0. The zero-order chi connectivity index (χ0) is 10.3. The Hall–Kier alpha value is -1.58. The van der Waals surface area contributed by atoms with Crippen LogP contribution in [0.15, 0.2) is 24.6 Å². The molecule has 72 valence electrons. The highest BCUT2D eigenvalue weighted by Crippen LogP contribution is 2.19. The number of anilines is 1. The molecule has 0 atom stereocenters. The second-order valence-corrected chi connectivity index (χ2v) is 3.60. The molecule has 1 aliphatic heterocycles. The van der Waals surface area contributed by atoms with Crippen LogP contribution in [0.4, 0.5) is 5.69 Å². The molecule has 4 nitrogen and oxygen atoms in total. The highest BCUT2D eigenvalue weighted by atomic mass is 15.3. The number of hydrogen-bond donors (Lipinski definition) is 0. The minimum Gasteiger partial charge on any atom is -0.370 e. The second kappa shape index (κ2) is 2.97. The van der Waals surface area contributed by atoms with Gasteiger partial charge in [-0.2, -0.15) is 5.10 Å². The topological polar surface area (TPSA) is 33.4 Å². The zero-order valence-corrected chi connectivity index (χ0v) is 7.85. The van der Waals surface area contributed by atoms with Crippen molar-refractivity contribution in [3.05, 3.63) is 24.6 Å². The number of nitrogens with zero attached hydrogens (tertiary/aromatic N) is 4. The van der Waals surface area contributed by atoms with Crippen LogP contribution in [0, 0.1) is 0 Å². The minimum absolute atomic E-state index is 0.0774. The van der Waals surface area contributed by atoms with Crippen LogP contribution in [-0.4, -0.2) is 27.7 Å². The molecule has 1 aliphatic rings. The first-order chi connectivity index (χ1) is 7.33. The van der Waals surface area contributed by atoms with Gasteiger partial charge in [0.25, 0.3) is 0 Å². The van der Waals surface area contributed by atoms with Gasteiger partial charge < -0.3 is 4.90 Å². The van der Waals surface area contributed by atoms with Crippen LogP contribution in [-0.2, 0) is 0 Å². The summed E-state index contributed by atoms with van der Waals surface area (Å²) in [6.07, 6.45) is 4.55. The Labute approximate surface area is 83.6 Å². The van der Waals surface area contributed by atoms with Gasteiger partial charge in [-0.15, -0.1) is 0 Å². The Morgan fingerprint density at radius 2 is 2.14 bits per heavy atom. The van der Waals surface area contributed by atoms with Crippen LogP contribution in [0.25, 0.3) is 5.65 Å². The van der Waals surface area contributed by atoms with Crippen molar-refractivity contribution in [2.75, 3.05) is 18.0 Å². The number of hydrogen-bond acceptors (Lipinski definition) is 3. The summed E-state index contributed by atoms with van der Waals surface area (Å²) < 4.78 is 9.02. The van der Waals surface area contributed by atoms with Crippen molar-refractivity contribution < 1.29 is 1.37 Å². The predicted molar refractivity (Wildman–Crippen MR) is 54.4 cm³/mol. The number of rotatable bonds is 1. The maximum absolute atomic E-state index is 7.35. The van der Waals surface area contributed by atoms with Crippen LogP contribution < -0.4 is 4.90 Å². The number of fused-ring (bicyclic) bond motifs is 1. The average molecular weight is 189 g/mol. The molecule has 0 N–H and O–H groups in total. The first kappa shape index (κ1) is 6.81. The zero-order valence-electron chi connectivity index (χ0n) is 8.85. The normalized spacial score (nSPS) is 17.7. The van der Waals surface area contributed by atoms with Gasteiger partial charge in [0.2, 0.25) is 0 Å². The maximum Gasteiger partial charge on any atom is 0.155 e. The lowest BCUT2D eigenvalue weighted by Crippen LogP contribution is -2.17. The van der Waals surface area contributed by atoms with Crippen molar-refractivity contribution in [2.45, 2.75) is 12.8 Å². The first-order valence-electron chi connectivity index (χ1n) is 5.41. The molecule has 0 aromatic carbocycles. The van der Waals surface area contributed by atoms with Crippen molar-refractivity contribution in [3.63, 3.8) is 0 Å². The third-order valence-corrected chi connectivity index (χ3v) is 2.68. The molecule has 0 spiro atoms. The molecule has 2 aromatic heterocycles. The molecular formula is C10H12N4. The molecule has 1 fully saturated rings. The van der Waals surface area contributed by atoms with E-state index < -0.39 is 0 Å². The molecule has 4 heteroatoms. The fraction of sp³-hybridized carbons (Fsp3) is 0.400. The Morgan fingerprint density at radius 1 is 1.29 bits per heavy atom. The first-order valence-corrected chi connectivity index (χ1v) is 4.91. The minimum atomic E-state index is 0.0774. The highest BCUT2D eigenvalue weighted by molar-refractivity contribution is 5.51. The summed E-state index contributed by atoms with van der Waals surface area (Å²) in [7, 11) is 0. The summed E-state index contributed by atoms with van der Waals surface area (Å²) in [6, 6.07) is 3.97. The molecule has 0 aliphatic carbocycles. The monoisotopic (exact) mass is 189 g/mol. The lowest BCUT2D eigenvalue weighted by atomic mass is 10.4. The van der Waals surface area contributed by atoms with E-state index in [2.05, 4.69) is 21.0 Å². The SMILES string of the molecule is [2H]c1nc2ccc(N3CCCC3)cn2n1. The van der Waals surface area contributed by atoms with Crippen molar-refractivity contribution in [1.29, 1.82) is 0 Å². The van der Waals surface area contributed by atoms with E-state index in [0.29, 0.717) is 0 Å². The van der Waals surface area contributed by atoms with Crippen LogP contribution in [0.3, 0.4) is 0 Å². The van der Waals surface area contributed by atoms with E-state index in [1.807, 2.05) is 12.3 Å². The van der Waals surface area contributed by atoms with Gasteiger partial charge in [0.05, 0.1) is 11.9 Å². The van der Waals surface area contributed by atoms with E-state index in [9.17, 15) is 0 Å². The molecule has 3 rings (SSSR count). The average Bonchev–Trinajstić information content (AvgIpc) is 2.82. The van der Waals surface area contributed by atoms with Crippen LogP contribution in [0.5, 0.6) is 0 Å². The lowest BCUT2D eigenvalue weighted by molar-refractivity contribution is 0.917. The van der Waals surface area contributed by atoms with Gasteiger partial charge in [0, 0.05) is 13.1 Å². The van der Waals surface area contributed by atoms with Gasteiger partial charge in [0.1, 0.15) is 7.67 Å². The lowest BCUT2D eigenvalue weighted by Gasteiger charge is -2.16. The number of pyridine rings is 1. The Balaban J connectivity index is 2.04. The van der Waals surface area contributed by atoms with Crippen LogP contribution >= 0.6 is 0 Å². The van der Waals surface area contributed by atoms with Crippen molar-refractivity contribution >= 4 is 11.3 Å². The van der Waals surface area contributed by atoms with Gasteiger partial charge >= 0.3 is 0 Å². The molecule has 0 bridgehead atoms. The van der Waals surface area contributed by atoms with E-state index in [0.717, 1.165) is 18.7 Å². The standard InChI is InChI=1S/C10H12N4/c1-2-6-13(5-1)9-3-4-10-11-8-12-14(10)7-9/h3-4,7-8H,1-2,5-6H2/i8D. The Kier molecular flexibility index (Phi) is 1.45. The largest absolute Gasteiger partial charge is 0.370 e. The van der Waals surface area contributed by atoms with Crippen LogP contribution in [0.2, 0.25) is 0 Å². The molecule has 1 saturated heterocycles. The quantitative estimate of drug-likeness (QED) is 0.678. The van der Waals surface area contributed by atoms with E-state index in [1.54, 1.807) is 4.52 Å². The summed E-state index contributed by atoms with van der Waals surface area (Å²) in [4.78, 5) is 6.32. The van der Waals surface area contributed by atoms with Gasteiger partial charge in [0.15, 0.2) is 5.65 Å². The summed E-state index contributed by atoms with van der Waals surface area (Å²) in [5, 5.41) is 3.99. The Morgan fingerprint density at radius 3 is 3.00 bits per heavy atom. The predicted octanol–water partition coefficient (Wildman–Crippen LogP) is 1.33. The Bertz CT molecular complexity index is 487. The smallest absolute Gasteiger partial charge is 0.155 e. The molecule has 0 amide bonds. The fourth-order valence-electron chi connectivity index (χ4n) is 1.92. The van der Waals surface area contributed by atoms with E-state index in [4.69, 9.17) is 1.37 Å². The second-order valence-electron chi connectivity index (χ2n) is 3.60. The number of aromatic nitrogens is 3. The highest BCUT2D eigenvalue weighted by Gasteiger charge is 2.12. The molecule has 0 radical (unpaired) electrons. The van der Waals surface area contributed by atoms with E-state index in [1.165, 1.54) is 18.5 Å². The summed E-state index contributed by atoms with van der Waals surface area (Å²) in [5.41, 5.74) is 1.91. The summed E-state index contributed by atoms with van der Waals surface area (Å²) in [6.45, 7) is 2.24. The maximum atomic E-state index is 7.35. The van der Waals surface area contributed by atoms with E-state index in [-0.39, 0.29) is 6.30 Å².